The van der Waals surface area contributed by atoms with Gasteiger partial charge in [0.1, 0.15) is 0 Å². The SMILES string of the molecule is Cc1ccc(CC2(O)CCN(Cc3ccccc3)CC2)cc1. The van der Waals surface area contributed by atoms with Crippen molar-refractivity contribution < 1.29 is 5.11 Å². The maximum absolute atomic E-state index is 10.9. The van der Waals surface area contributed by atoms with Crippen LogP contribution in [0.2, 0.25) is 0 Å². The van der Waals surface area contributed by atoms with Crippen LogP contribution in [0.1, 0.15) is 29.5 Å². The number of piperidine rings is 1. The molecule has 2 heteroatoms. The van der Waals surface area contributed by atoms with E-state index in [0.717, 1.165) is 38.9 Å². The summed E-state index contributed by atoms with van der Waals surface area (Å²) in [5.74, 6) is 0. The first-order valence-electron chi connectivity index (χ1n) is 8.17. The van der Waals surface area contributed by atoms with E-state index in [1.54, 1.807) is 0 Å². The molecule has 2 aromatic carbocycles. The van der Waals surface area contributed by atoms with Gasteiger partial charge >= 0.3 is 0 Å². The Balaban J connectivity index is 1.55. The highest BCUT2D eigenvalue weighted by Gasteiger charge is 2.32. The number of hydrogen-bond donors (Lipinski definition) is 1. The Bertz CT molecular complexity index is 583. The monoisotopic (exact) mass is 295 g/mol. The lowest BCUT2D eigenvalue weighted by atomic mass is 9.85. The largest absolute Gasteiger partial charge is 0.389 e. The van der Waals surface area contributed by atoms with Crippen LogP contribution >= 0.6 is 0 Å². The smallest absolute Gasteiger partial charge is 0.0712 e. The minimum Gasteiger partial charge on any atom is -0.389 e. The second-order valence-electron chi connectivity index (χ2n) is 6.65. The molecule has 0 amide bonds. The molecule has 0 saturated carbocycles. The standard InChI is InChI=1S/C20H25NO/c1-17-7-9-18(10-8-17)15-20(22)11-13-21(14-12-20)16-19-5-3-2-4-6-19/h2-10,22H,11-16H2,1H3. The Morgan fingerprint density at radius 1 is 0.909 bits per heavy atom. The first-order valence-corrected chi connectivity index (χ1v) is 8.17. The maximum Gasteiger partial charge on any atom is 0.0712 e. The van der Waals surface area contributed by atoms with Crippen molar-refractivity contribution in [3.63, 3.8) is 0 Å². The van der Waals surface area contributed by atoms with Crippen molar-refractivity contribution in [2.24, 2.45) is 0 Å². The summed E-state index contributed by atoms with van der Waals surface area (Å²) in [4.78, 5) is 2.44. The van der Waals surface area contributed by atoms with Gasteiger partial charge in [-0.2, -0.15) is 0 Å². The molecule has 22 heavy (non-hydrogen) atoms. The zero-order valence-corrected chi connectivity index (χ0v) is 13.3. The maximum atomic E-state index is 10.9. The molecular formula is C20H25NO. The first-order chi connectivity index (χ1) is 10.6. The molecule has 0 unspecified atom stereocenters. The Kier molecular flexibility index (Phi) is 4.60. The van der Waals surface area contributed by atoms with Crippen molar-refractivity contribution in [3.8, 4) is 0 Å². The Hall–Kier alpha value is -1.64. The first kappa shape index (κ1) is 15.3. The third-order valence-corrected chi connectivity index (χ3v) is 4.69. The van der Waals surface area contributed by atoms with E-state index in [2.05, 4.69) is 66.4 Å². The van der Waals surface area contributed by atoms with Gasteiger partial charge in [0.2, 0.25) is 0 Å². The zero-order valence-electron chi connectivity index (χ0n) is 13.3. The van der Waals surface area contributed by atoms with Crippen LogP contribution in [0.3, 0.4) is 0 Å². The van der Waals surface area contributed by atoms with Crippen LogP contribution in [-0.2, 0) is 13.0 Å². The summed E-state index contributed by atoms with van der Waals surface area (Å²) in [6.45, 7) is 5.02. The molecule has 0 aliphatic carbocycles. The molecule has 2 nitrogen and oxygen atoms in total. The van der Waals surface area contributed by atoms with Crippen molar-refractivity contribution in [1.29, 1.82) is 0 Å². The van der Waals surface area contributed by atoms with E-state index >= 15 is 0 Å². The number of nitrogens with zero attached hydrogens (tertiary/aromatic N) is 1. The predicted molar refractivity (Wildman–Crippen MR) is 90.8 cm³/mol. The predicted octanol–water partition coefficient (Wildman–Crippen LogP) is 3.56. The van der Waals surface area contributed by atoms with Crippen LogP contribution in [-0.4, -0.2) is 28.7 Å². The van der Waals surface area contributed by atoms with Crippen molar-refractivity contribution in [2.45, 2.75) is 38.3 Å². The van der Waals surface area contributed by atoms with E-state index in [1.165, 1.54) is 16.7 Å². The van der Waals surface area contributed by atoms with E-state index in [9.17, 15) is 5.11 Å². The van der Waals surface area contributed by atoms with E-state index in [1.807, 2.05) is 0 Å². The van der Waals surface area contributed by atoms with Gasteiger partial charge < -0.3 is 5.11 Å². The van der Waals surface area contributed by atoms with Gasteiger partial charge in [0, 0.05) is 26.1 Å². The normalized spacial score (nSPS) is 18.3. The molecule has 2 aromatic rings. The quantitative estimate of drug-likeness (QED) is 0.932. The van der Waals surface area contributed by atoms with Crippen LogP contribution in [0.25, 0.3) is 0 Å². The molecule has 0 atom stereocenters. The average molecular weight is 295 g/mol. The average Bonchev–Trinajstić information content (AvgIpc) is 2.53. The molecule has 0 aromatic heterocycles. The van der Waals surface area contributed by atoms with Crippen molar-refractivity contribution in [3.05, 3.63) is 71.3 Å². The van der Waals surface area contributed by atoms with Crippen LogP contribution in [0.5, 0.6) is 0 Å². The summed E-state index contributed by atoms with van der Waals surface area (Å²) in [6, 6.07) is 19.1. The fourth-order valence-corrected chi connectivity index (χ4v) is 3.23. The van der Waals surface area contributed by atoms with E-state index < -0.39 is 5.60 Å². The molecule has 1 N–H and O–H groups in total. The summed E-state index contributed by atoms with van der Waals surface area (Å²) in [5, 5.41) is 10.9. The van der Waals surface area contributed by atoms with Crippen LogP contribution < -0.4 is 0 Å². The highest BCUT2D eigenvalue weighted by molar-refractivity contribution is 5.23. The molecule has 1 fully saturated rings. The van der Waals surface area contributed by atoms with Gasteiger partial charge in [0.15, 0.2) is 0 Å². The number of rotatable bonds is 4. The number of benzene rings is 2. The Labute approximate surface area is 133 Å². The molecule has 0 spiro atoms. The molecule has 1 saturated heterocycles. The van der Waals surface area contributed by atoms with Crippen LogP contribution in [0.4, 0.5) is 0 Å². The Morgan fingerprint density at radius 2 is 1.55 bits per heavy atom. The molecule has 3 rings (SSSR count). The summed E-state index contributed by atoms with van der Waals surface area (Å²) >= 11 is 0. The number of likely N-dealkylation sites (tertiary alicyclic amines) is 1. The van der Waals surface area contributed by atoms with Crippen molar-refractivity contribution >= 4 is 0 Å². The topological polar surface area (TPSA) is 23.5 Å². The lowest BCUT2D eigenvalue weighted by Gasteiger charge is -2.38. The minimum atomic E-state index is -0.539. The summed E-state index contributed by atoms with van der Waals surface area (Å²) in [5.41, 5.74) is 3.33. The summed E-state index contributed by atoms with van der Waals surface area (Å²) < 4.78 is 0. The summed E-state index contributed by atoms with van der Waals surface area (Å²) in [6.07, 6.45) is 2.48. The molecule has 1 aliphatic rings. The van der Waals surface area contributed by atoms with E-state index in [-0.39, 0.29) is 0 Å². The van der Waals surface area contributed by atoms with Gasteiger partial charge in [-0.25, -0.2) is 0 Å². The van der Waals surface area contributed by atoms with Gasteiger partial charge in [-0.3, -0.25) is 4.90 Å². The van der Waals surface area contributed by atoms with Crippen molar-refractivity contribution in [1.82, 2.24) is 4.90 Å². The van der Waals surface area contributed by atoms with Gasteiger partial charge in [0.05, 0.1) is 5.60 Å². The summed E-state index contributed by atoms with van der Waals surface area (Å²) in [7, 11) is 0. The lowest BCUT2D eigenvalue weighted by Crippen LogP contribution is -2.45. The highest BCUT2D eigenvalue weighted by atomic mass is 16.3. The lowest BCUT2D eigenvalue weighted by molar-refractivity contribution is -0.0224. The van der Waals surface area contributed by atoms with Gasteiger partial charge in [-0.05, 0) is 30.9 Å². The molecule has 0 radical (unpaired) electrons. The third-order valence-electron chi connectivity index (χ3n) is 4.69. The van der Waals surface area contributed by atoms with E-state index in [0.29, 0.717) is 0 Å². The van der Waals surface area contributed by atoms with Crippen LogP contribution in [0.15, 0.2) is 54.6 Å². The second kappa shape index (κ2) is 6.64. The zero-order chi connectivity index (χ0) is 15.4. The fourth-order valence-electron chi connectivity index (χ4n) is 3.23. The number of aryl methyl sites for hydroxylation is 1. The van der Waals surface area contributed by atoms with Gasteiger partial charge in [0.25, 0.3) is 0 Å². The number of hydrogen-bond acceptors (Lipinski definition) is 2. The molecular weight excluding hydrogens is 270 g/mol. The van der Waals surface area contributed by atoms with Crippen molar-refractivity contribution in [2.75, 3.05) is 13.1 Å². The third kappa shape index (κ3) is 3.96. The molecule has 116 valence electrons. The van der Waals surface area contributed by atoms with Gasteiger partial charge in [-0.15, -0.1) is 0 Å². The minimum absolute atomic E-state index is 0.539. The second-order valence-corrected chi connectivity index (χ2v) is 6.65. The number of aliphatic hydroxyl groups is 1. The molecule has 0 bridgehead atoms. The fraction of sp³-hybridized carbons (Fsp3) is 0.400. The van der Waals surface area contributed by atoms with Crippen LogP contribution in [0, 0.1) is 6.92 Å². The molecule has 1 aliphatic heterocycles. The molecule has 1 heterocycles. The highest BCUT2D eigenvalue weighted by Crippen LogP contribution is 2.27. The van der Waals surface area contributed by atoms with E-state index in [4.69, 9.17) is 0 Å². The Morgan fingerprint density at radius 3 is 2.18 bits per heavy atom. The van der Waals surface area contributed by atoms with Gasteiger partial charge in [-0.1, -0.05) is 60.2 Å².